The van der Waals surface area contributed by atoms with Gasteiger partial charge in [-0.1, -0.05) is 44.2 Å². The number of pyridine rings is 2. The number of aromatic nitrogens is 2. The van der Waals surface area contributed by atoms with Gasteiger partial charge in [0.25, 0.3) is 11.5 Å². The number of ether oxygens (including phenoxy) is 10. The number of carbonyl (C=O) groups is 10. The van der Waals surface area contributed by atoms with Gasteiger partial charge < -0.3 is 99.4 Å². The van der Waals surface area contributed by atoms with Crippen molar-refractivity contribution in [2.75, 3.05) is 152 Å². The number of hydrogen-bond donors (Lipinski definition) is 9. The zero-order chi connectivity index (χ0) is 74.5. The number of aliphatic hydroxyl groups excluding tert-OH is 1. The van der Waals surface area contributed by atoms with Crippen LogP contribution in [0.15, 0.2) is 47.3 Å². The highest BCUT2D eigenvalue weighted by Gasteiger charge is 2.46. The summed E-state index contributed by atoms with van der Waals surface area (Å²) in [6.07, 6.45) is -0.996. The third-order valence-corrected chi connectivity index (χ3v) is 17.6. The van der Waals surface area contributed by atoms with Gasteiger partial charge in [-0.2, -0.15) is 0 Å². The van der Waals surface area contributed by atoms with Gasteiger partial charge in [-0.15, -0.1) is 0 Å². The second kappa shape index (κ2) is 41.0. The van der Waals surface area contributed by atoms with E-state index in [0.29, 0.717) is 143 Å². The first-order valence-electron chi connectivity index (χ1n) is 34.7. The Hall–Kier alpha value is -8.81. The van der Waals surface area contributed by atoms with Crippen molar-refractivity contribution >= 4 is 70.0 Å². The first-order chi connectivity index (χ1) is 50.2. The molecule has 3 aliphatic heterocycles. The van der Waals surface area contributed by atoms with E-state index in [2.05, 4.69) is 37.2 Å². The number of amides is 9. The summed E-state index contributed by atoms with van der Waals surface area (Å²) < 4.78 is 71.3. The Bertz CT molecular complexity index is 3730. The monoisotopic (exact) mass is 1460 g/mol. The first-order valence-corrected chi connectivity index (χ1v) is 34.7. The van der Waals surface area contributed by atoms with E-state index in [4.69, 9.17) is 52.4 Å². The van der Waals surface area contributed by atoms with E-state index in [1.54, 1.807) is 51.1 Å². The van der Waals surface area contributed by atoms with E-state index < -0.39 is 110 Å². The molecule has 5 atom stereocenters. The lowest BCUT2D eigenvalue weighted by molar-refractivity contribution is -0.172. The zero-order valence-corrected chi connectivity index (χ0v) is 58.7. The second-order valence-corrected chi connectivity index (χ2v) is 24.9. The minimum absolute atomic E-state index is 0.00153. The lowest BCUT2D eigenvalue weighted by Crippen LogP contribution is -2.52. The molecule has 1 saturated heterocycles. The SMILES string of the molecule is CC[C@@]1(O)C(=O)OCc2c1cc1n(c2=O)Cc2c-1nc1cc(F)c(C)c3c1c2[C@@H](NC(=O)[C@H](O)COCNC(=O)CNC(=O)[C@H](Cc1ccccc1)NC(=O)CNC(=O)CNC(=O)CCOCCOCCOCCOCCOCCOCCOCCOCCNC(=O)CCN1C(=O)CC(C)C1=O)CC3. The normalized spacial score (nSPS) is 17.0. The molecule has 104 heavy (non-hydrogen) atoms. The van der Waals surface area contributed by atoms with Gasteiger partial charge in [0.15, 0.2) is 11.7 Å². The minimum Gasteiger partial charge on any atom is -0.458 e. The van der Waals surface area contributed by atoms with Crippen LogP contribution in [0.1, 0.15) is 90.9 Å². The summed E-state index contributed by atoms with van der Waals surface area (Å²) in [5.74, 6) is -6.65. The molecule has 33 nitrogen and oxygen atoms in total. The Morgan fingerprint density at radius 3 is 1.88 bits per heavy atom. The van der Waals surface area contributed by atoms with E-state index in [9.17, 15) is 63.0 Å². The smallest absolute Gasteiger partial charge is 0.343 e. The number of aliphatic hydroxyl groups is 2. The highest BCUT2D eigenvalue weighted by atomic mass is 19.1. The maximum atomic E-state index is 15.4. The third kappa shape index (κ3) is 23.1. The summed E-state index contributed by atoms with van der Waals surface area (Å²) in [5.41, 5.74) is 1.36. The summed E-state index contributed by atoms with van der Waals surface area (Å²) in [7, 11) is 0. The van der Waals surface area contributed by atoms with Crippen molar-refractivity contribution in [3.05, 3.63) is 97.6 Å². The molecule has 0 radical (unpaired) electrons. The molecule has 2 aromatic heterocycles. The Balaban J connectivity index is 0.614. The van der Waals surface area contributed by atoms with Crippen LogP contribution in [0, 0.1) is 18.7 Å². The van der Waals surface area contributed by atoms with Crippen LogP contribution < -0.4 is 42.8 Å². The molecule has 1 unspecified atom stereocenters. The lowest BCUT2D eigenvalue weighted by atomic mass is 9.81. The third-order valence-electron chi connectivity index (χ3n) is 17.6. The zero-order valence-electron chi connectivity index (χ0n) is 58.7. The Morgan fingerprint density at radius 2 is 1.26 bits per heavy atom. The molecule has 9 N–H and O–H groups in total. The van der Waals surface area contributed by atoms with Gasteiger partial charge in [-0.25, -0.2) is 14.2 Å². The number of benzene rings is 2. The fraction of sp³-hybridized carbons (Fsp3) is 0.571. The van der Waals surface area contributed by atoms with Gasteiger partial charge in [-0.05, 0) is 54.5 Å². The second-order valence-electron chi connectivity index (χ2n) is 24.9. The standard InChI is InChI=1S/C70H93FN10O23/c1-4-70(94)49-34-54-64-47(39-81(54)68(92)48(49)40-104-69(70)93)63-51(11-10-46-44(3)50(71)35-52(78-64)62(46)63)79-66(90)55(82)41-103-42-76-59(86)37-75-65(89)53(33-45-8-6-5-7-9-45)77-60(87)38-74-58(85)36-73-57(84)13-16-95-18-20-97-22-24-99-26-28-101-30-31-102-29-27-100-25-23-98-21-19-96-17-14-72-56(83)12-15-80-61(88)32-43(2)67(80)91/h5-9,34-35,43,51,53,55,82,94H,4,10-33,36-42H2,1-3H3,(H,72,83)(H,73,84)(H,74,85)(H,75,89)(H,76,86)(H,77,87)(H,79,90)/t43?,51-,53-,55+,70-/m0/s1. The molecule has 9 amide bonds. The lowest BCUT2D eigenvalue weighted by Gasteiger charge is -2.31. The van der Waals surface area contributed by atoms with Gasteiger partial charge in [-0.3, -0.25) is 52.8 Å². The maximum Gasteiger partial charge on any atom is 0.343 e. The summed E-state index contributed by atoms with van der Waals surface area (Å²) in [4.78, 5) is 146. The van der Waals surface area contributed by atoms with Crippen LogP contribution in [0.25, 0.3) is 22.3 Å². The van der Waals surface area contributed by atoms with Crippen LogP contribution in [0.2, 0.25) is 0 Å². The number of halogens is 1. The number of hydrogen-bond acceptors (Lipinski definition) is 24. The molecule has 4 aromatic rings. The number of rotatable bonds is 47. The van der Waals surface area contributed by atoms with Gasteiger partial charge in [0.05, 0.1) is 167 Å². The van der Waals surface area contributed by atoms with Crippen LogP contribution in [0.3, 0.4) is 0 Å². The minimum atomic E-state index is -2.08. The predicted octanol–water partition coefficient (Wildman–Crippen LogP) is -1.42. The van der Waals surface area contributed by atoms with Crippen LogP contribution in [0.5, 0.6) is 0 Å². The first kappa shape index (κ1) is 80.9. The highest BCUT2D eigenvalue weighted by Crippen LogP contribution is 2.46. The summed E-state index contributed by atoms with van der Waals surface area (Å²) in [6, 6.07) is 9.57. The Morgan fingerprint density at radius 1 is 0.683 bits per heavy atom. The molecule has 1 aliphatic carbocycles. The Labute approximate surface area is 598 Å². The molecular weight excluding hydrogens is 1370 g/mol. The van der Waals surface area contributed by atoms with Crippen molar-refractivity contribution in [2.45, 2.75) is 103 Å². The van der Waals surface area contributed by atoms with Crippen LogP contribution in [-0.2, 0) is 127 Å². The summed E-state index contributed by atoms with van der Waals surface area (Å²) in [6.45, 7) is 7.59. The van der Waals surface area contributed by atoms with Crippen molar-refractivity contribution in [3.63, 3.8) is 0 Å². The van der Waals surface area contributed by atoms with Crippen molar-refractivity contribution in [3.8, 4) is 11.4 Å². The molecular formula is C70H93FN10O23. The quantitative estimate of drug-likeness (QED) is 0.00934. The number of aryl methyl sites for hydroxylation is 1. The average Bonchev–Trinajstić information content (AvgIpc) is 1.44. The van der Waals surface area contributed by atoms with E-state index >= 15 is 4.39 Å². The maximum absolute atomic E-state index is 15.4. The Kier molecular flexibility index (Phi) is 31.9. The van der Waals surface area contributed by atoms with Gasteiger partial charge in [0.2, 0.25) is 47.3 Å². The van der Waals surface area contributed by atoms with Gasteiger partial charge in [0.1, 0.15) is 25.2 Å². The van der Waals surface area contributed by atoms with Gasteiger partial charge >= 0.3 is 5.97 Å². The van der Waals surface area contributed by atoms with Crippen molar-refractivity contribution in [2.24, 2.45) is 5.92 Å². The molecule has 34 heteroatoms. The number of likely N-dealkylation sites (tertiary alicyclic amines) is 1. The topological polar surface area (TPSA) is 426 Å². The summed E-state index contributed by atoms with van der Waals surface area (Å²) in [5, 5.41) is 40.8. The fourth-order valence-electron chi connectivity index (χ4n) is 12.0. The molecule has 4 aliphatic rings. The van der Waals surface area contributed by atoms with Crippen LogP contribution in [0.4, 0.5) is 4.39 Å². The van der Waals surface area contributed by atoms with E-state index in [1.165, 1.54) is 16.7 Å². The number of carbonyl (C=O) groups excluding carboxylic acids is 10. The van der Waals surface area contributed by atoms with Crippen LogP contribution in [-0.4, -0.2) is 248 Å². The molecule has 0 spiro atoms. The van der Waals surface area contributed by atoms with Crippen LogP contribution >= 0.6 is 0 Å². The molecule has 5 heterocycles. The molecule has 0 bridgehead atoms. The van der Waals surface area contributed by atoms with E-state index in [0.717, 1.165) is 4.90 Å². The molecule has 0 saturated carbocycles. The molecule has 568 valence electrons. The van der Waals surface area contributed by atoms with E-state index in [-0.39, 0.29) is 118 Å². The van der Waals surface area contributed by atoms with Crippen molar-refractivity contribution in [1.82, 2.24) is 51.7 Å². The largest absolute Gasteiger partial charge is 0.458 e. The highest BCUT2D eigenvalue weighted by molar-refractivity contribution is 6.03. The number of fused-ring (bicyclic) bond motifs is 5. The number of imide groups is 1. The van der Waals surface area contributed by atoms with Crippen molar-refractivity contribution in [1.29, 1.82) is 0 Å². The fourth-order valence-corrected chi connectivity index (χ4v) is 12.0. The number of esters is 1. The van der Waals surface area contributed by atoms with Gasteiger partial charge in [0, 0.05) is 67.3 Å². The molecule has 1 fully saturated rings. The predicted molar refractivity (Wildman–Crippen MR) is 364 cm³/mol. The number of cyclic esters (lactones) is 1. The number of nitrogens with zero attached hydrogens (tertiary/aromatic N) is 3. The molecule has 8 rings (SSSR count). The van der Waals surface area contributed by atoms with Crippen molar-refractivity contribution < 1.29 is 110 Å². The number of nitrogens with one attached hydrogen (secondary N) is 7. The average molecular weight is 1460 g/mol. The van der Waals surface area contributed by atoms with E-state index in [1.807, 2.05) is 0 Å². The summed E-state index contributed by atoms with van der Waals surface area (Å²) >= 11 is 0. The molecule has 2 aromatic carbocycles.